The lowest BCUT2D eigenvalue weighted by Gasteiger charge is -2.15. The number of rotatable bonds is 7. The Balaban J connectivity index is 1.90. The van der Waals surface area contributed by atoms with Crippen LogP contribution in [0.1, 0.15) is 34.0 Å². The van der Waals surface area contributed by atoms with Crippen LogP contribution in [0.2, 0.25) is 0 Å². The van der Waals surface area contributed by atoms with Gasteiger partial charge in [-0.15, -0.1) is 0 Å². The SMILES string of the molecule is CCc1cc(Oc2cccc(C#N)c2OCc2ccccc2)ccc1C(=O)O. The Labute approximate surface area is 163 Å². The second-order valence-electron chi connectivity index (χ2n) is 6.10. The molecule has 0 saturated carbocycles. The van der Waals surface area contributed by atoms with Crippen LogP contribution in [0.25, 0.3) is 0 Å². The van der Waals surface area contributed by atoms with Crippen molar-refractivity contribution in [3.8, 4) is 23.3 Å². The first-order chi connectivity index (χ1) is 13.6. The number of aromatic carboxylic acids is 1. The van der Waals surface area contributed by atoms with Gasteiger partial charge in [0.1, 0.15) is 18.4 Å². The standard InChI is InChI=1S/C23H19NO4/c1-2-17-13-19(11-12-20(17)23(25)26)28-21-10-6-9-18(14-24)22(21)27-15-16-7-4-3-5-8-16/h3-13H,2,15H2,1H3,(H,25,26). The van der Waals surface area contributed by atoms with E-state index in [4.69, 9.17) is 9.47 Å². The van der Waals surface area contributed by atoms with Gasteiger partial charge in [-0.05, 0) is 47.9 Å². The maximum Gasteiger partial charge on any atom is 0.335 e. The van der Waals surface area contributed by atoms with E-state index in [-0.39, 0.29) is 5.56 Å². The van der Waals surface area contributed by atoms with Gasteiger partial charge in [-0.25, -0.2) is 4.79 Å². The third-order valence-corrected chi connectivity index (χ3v) is 4.24. The van der Waals surface area contributed by atoms with Crippen molar-refractivity contribution in [2.24, 2.45) is 0 Å². The highest BCUT2D eigenvalue weighted by Gasteiger charge is 2.15. The number of carboxylic acids is 1. The van der Waals surface area contributed by atoms with Crippen molar-refractivity contribution < 1.29 is 19.4 Å². The Kier molecular flexibility index (Phi) is 5.93. The molecule has 0 aliphatic heterocycles. The summed E-state index contributed by atoms with van der Waals surface area (Å²) < 4.78 is 11.8. The molecule has 0 aliphatic carbocycles. The van der Waals surface area contributed by atoms with E-state index in [0.29, 0.717) is 41.4 Å². The molecule has 0 aromatic heterocycles. The summed E-state index contributed by atoms with van der Waals surface area (Å²) in [6, 6.07) is 21.7. The van der Waals surface area contributed by atoms with Gasteiger partial charge in [-0.1, -0.05) is 43.3 Å². The number of ether oxygens (including phenoxy) is 2. The van der Waals surface area contributed by atoms with E-state index in [1.165, 1.54) is 6.07 Å². The number of hydrogen-bond acceptors (Lipinski definition) is 4. The van der Waals surface area contributed by atoms with E-state index in [1.54, 1.807) is 30.3 Å². The molecule has 0 bridgehead atoms. The van der Waals surface area contributed by atoms with E-state index in [9.17, 15) is 15.2 Å². The van der Waals surface area contributed by atoms with E-state index < -0.39 is 5.97 Å². The van der Waals surface area contributed by atoms with Crippen molar-refractivity contribution in [2.45, 2.75) is 20.0 Å². The van der Waals surface area contributed by atoms with Crippen LogP contribution in [-0.2, 0) is 13.0 Å². The van der Waals surface area contributed by atoms with Crippen LogP contribution in [0, 0.1) is 11.3 Å². The number of carboxylic acid groups (broad SMARTS) is 1. The molecule has 3 aromatic carbocycles. The molecule has 0 amide bonds. The first kappa shape index (κ1) is 19.0. The largest absolute Gasteiger partial charge is 0.484 e. The second kappa shape index (κ2) is 8.74. The van der Waals surface area contributed by atoms with Crippen LogP contribution in [0.5, 0.6) is 17.2 Å². The average Bonchev–Trinajstić information content (AvgIpc) is 2.73. The minimum Gasteiger partial charge on any atom is -0.484 e. The predicted octanol–water partition coefficient (Wildman–Crippen LogP) is 5.19. The normalized spacial score (nSPS) is 10.1. The van der Waals surface area contributed by atoms with Crippen LogP contribution < -0.4 is 9.47 Å². The Morgan fingerprint density at radius 3 is 2.54 bits per heavy atom. The number of aryl methyl sites for hydroxylation is 1. The van der Waals surface area contributed by atoms with Crippen molar-refractivity contribution in [1.82, 2.24) is 0 Å². The van der Waals surface area contributed by atoms with Crippen molar-refractivity contribution in [2.75, 3.05) is 0 Å². The van der Waals surface area contributed by atoms with Crippen LogP contribution >= 0.6 is 0 Å². The summed E-state index contributed by atoms with van der Waals surface area (Å²) in [6.07, 6.45) is 0.564. The quantitative estimate of drug-likeness (QED) is 0.616. The summed E-state index contributed by atoms with van der Waals surface area (Å²) in [5.74, 6) is 0.276. The van der Waals surface area contributed by atoms with Crippen LogP contribution in [-0.4, -0.2) is 11.1 Å². The lowest BCUT2D eigenvalue weighted by molar-refractivity contribution is 0.0695. The van der Waals surface area contributed by atoms with E-state index in [0.717, 1.165) is 5.56 Å². The Morgan fingerprint density at radius 1 is 1.07 bits per heavy atom. The number of carbonyl (C=O) groups is 1. The van der Waals surface area contributed by atoms with Gasteiger partial charge >= 0.3 is 5.97 Å². The van der Waals surface area contributed by atoms with Gasteiger partial charge in [-0.2, -0.15) is 5.26 Å². The third-order valence-electron chi connectivity index (χ3n) is 4.24. The monoisotopic (exact) mass is 373 g/mol. The maximum absolute atomic E-state index is 11.3. The first-order valence-electron chi connectivity index (χ1n) is 8.86. The Morgan fingerprint density at radius 2 is 1.86 bits per heavy atom. The summed E-state index contributed by atoms with van der Waals surface area (Å²) >= 11 is 0. The predicted molar refractivity (Wildman–Crippen MR) is 105 cm³/mol. The number of benzene rings is 3. The summed E-state index contributed by atoms with van der Waals surface area (Å²) in [4.78, 5) is 11.3. The van der Waals surface area contributed by atoms with Crippen molar-refractivity contribution in [1.29, 1.82) is 5.26 Å². The second-order valence-corrected chi connectivity index (χ2v) is 6.10. The number of nitrogens with zero attached hydrogens (tertiary/aromatic N) is 1. The number of hydrogen-bond donors (Lipinski definition) is 1. The minimum absolute atomic E-state index is 0.251. The average molecular weight is 373 g/mol. The van der Waals surface area contributed by atoms with Gasteiger partial charge in [-0.3, -0.25) is 0 Å². The highest BCUT2D eigenvalue weighted by molar-refractivity contribution is 5.89. The van der Waals surface area contributed by atoms with Gasteiger partial charge in [0.05, 0.1) is 11.1 Å². The summed E-state index contributed by atoms with van der Waals surface area (Å²) in [7, 11) is 0. The molecule has 0 fully saturated rings. The number of nitriles is 1. The molecule has 0 unspecified atom stereocenters. The van der Waals surface area contributed by atoms with Crippen molar-refractivity contribution in [3.63, 3.8) is 0 Å². The Bertz CT molecular complexity index is 1020. The molecule has 0 heterocycles. The maximum atomic E-state index is 11.3. The molecule has 0 spiro atoms. The molecule has 1 N–H and O–H groups in total. The molecule has 5 heteroatoms. The lowest BCUT2D eigenvalue weighted by Crippen LogP contribution is -2.02. The van der Waals surface area contributed by atoms with Gasteiger partial charge in [0.25, 0.3) is 0 Å². The van der Waals surface area contributed by atoms with Crippen molar-refractivity contribution in [3.05, 3.63) is 89.0 Å². The van der Waals surface area contributed by atoms with Gasteiger partial charge in [0, 0.05) is 0 Å². The topological polar surface area (TPSA) is 79.5 Å². The zero-order valence-corrected chi connectivity index (χ0v) is 15.4. The summed E-state index contributed by atoms with van der Waals surface area (Å²) in [5, 5.41) is 18.7. The molecule has 0 radical (unpaired) electrons. The molecule has 5 nitrogen and oxygen atoms in total. The van der Waals surface area contributed by atoms with Gasteiger partial charge in [0.15, 0.2) is 11.5 Å². The lowest BCUT2D eigenvalue weighted by atomic mass is 10.1. The van der Waals surface area contributed by atoms with Gasteiger partial charge < -0.3 is 14.6 Å². The number of para-hydroxylation sites is 1. The van der Waals surface area contributed by atoms with Crippen LogP contribution in [0.4, 0.5) is 0 Å². The summed E-state index contributed by atoms with van der Waals surface area (Å²) in [6.45, 7) is 2.18. The minimum atomic E-state index is -0.971. The highest BCUT2D eigenvalue weighted by Crippen LogP contribution is 2.35. The third kappa shape index (κ3) is 4.30. The zero-order valence-electron chi connectivity index (χ0n) is 15.4. The molecule has 140 valence electrons. The zero-order chi connectivity index (χ0) is 19.9. The molecular weight excluding hydrogens is 354 g/mol. The molecule has 0 saturated heterocycles. The Hall–Kier alpha value is -3.78. The molecule has 28 heavy (non-hydrogen) atoms. The van der Waals surface area contributed by atoms with E-state index in [1.807, 2.05) is 37.3 Å². The first-order valence-corrected chi connectivity index (χ1v) is 8.86. The molecule has 3 rings (SSSR count). The molecule has 0 aliphatic rings. The fraction of sp³-hybridized carbons (Fsp3) is 0.130. The smallest absolute Gasteiger partial charge is 0.335 e. The fourth-order valence-electron chi connectivity index (χ4n) is 2.82. The van der Waals surface area contributed by atoms with Crippen LogP contribution in [0.3, 0.4) is 0 Å². The van der Waals surface area contributed by atoms with Crippen LogP contribution in [0.15, 0.2) is 66.7 Å². The molecule has 0 atom stereocenters. The highest BCUT2D eigenvalue weighted by atomic mass is 16.5. The van der Waals surface area contributed by atoms with E-state index >= 15 is 0 Å². The van der Waals surface area contributed by atoms with Gasteiger partial charge in [0.2, 0.25) is 0 Å². The van der Waals surface area contributed by atoms with Crippen molar-refractivity contribution >= 4 is 5.97 Å². The molecule has 3 aromatic rings. The summed E-state index contributed by atoms with van der Waals surface area (Å²) in [5.41, 5.74) is 2.26. The van der Waals surface area contributed by atoms with E-state index in [2.05, 4.69) is 6.07 Å². The fourth-order valence-corrected chi connectivity index (χ4v) is 2.82. The molecular formula is C23H19NO4.